The van der Waals surface area contributed by atoms with Crippen LogP contribution in [-0.4, -0.2) is 18.0 Å². The highest BCUT2D eigenvalue weighted by Crippen LogP contribution is 2.36. The first-order valence-corrected chi connectivity index (χ1v) is 8.85. The van der Waals surface area contributed by atoms with Crippen LogP contribution in [-0.2, 0) is 11.3 Å². The largest absolute Gasteiger partial charge is 0.397 e. The molecule has 24 heavy (non-hydrogen) atoms. The second kappa shape index (κ2) is 6.88. The summed E-state index contributed by atoms with van der Waals surface area (Å²) < 4.78 is 6.13. The van der Waals surface area contributed by atoms with Gasteiger partial charge in [0.2, 0.25) is 0 Å². The first-order chi connectivity index (χ1) is 11.5. The molecule has 0 saturated carbocycles. The number of pyridine rings is 1. The van der Waals surface area contributed by atoms with Crippen molar-refractivity contribution >= 4 is 54.8 Å². The molecule has 0 aliphatic carbocycles. The molecule has 7 heteroatoms. The molecular weight excluding hydrogens is 390 g/mol. The molecule has 0 atom stereocenters. The molecule has 5 nitrogen and oxygen atoms in total. The molecule has 0 spiro atoms. The smallest absolute Gasteiger partial charge is 0.267 e. The van der Waals surface area contributed by atoms with E-state index in [2.05, 4.69) is 26.2 Å². The van der Waals surface area contributed by atoms with Gasteiger partial charge in [-0.05, 0) is 36.8 Å². The predicted molar refractivity (Wildman–Crippen MR) is 102 cm³/mol. The van der Waals surface area contributed by atoms with Crippen LogP contribution < -0.4 is 11.1 Å². The Balaban J connectivity index is 2.02. The average molecular weight is 406 g/mol. The normalized spacial score (nSPS) is 11.0. The standard InChI is InChI=1S/C17H16BrN3O2S/c1-9-6-10(8-23-2)13-14(19)15(24-17(13)20-9)16(22)21-12-5-3-4-11(18)7-12/h3-7H,8,19H2,1-2H3,(H,21,22). The number of thiophene rings is 1. The Labute approximate surface area is 152 Å². The Kier molecular flexibility index (Phi) is 4.84. The van der Waals surface area contributed by atoms with Crippen molar-refractivity contribution in [1.82, 2.24) is 4.98 Å². The lowest BCUT2D eigenvalue weighted by Crippen LogP contribution is -2.12. The summed E-state index contributed by atoms with van der Waals surface area (Å²) >= 11 is 4.68. The molecule has 0 saturated heterocycles. The molecule has 2 aromatic heterocycles. The fourth-order valence-corrected chi connectivity index (χ4v) is 4.01. The van der Waals surface area contributed by atoms with E-state index in [1.165, 1.54) is 11.3 Å². The monoisotopic (exact) mass is 405 g/mol. The van der Waals surface area contributed by atoms with Crippen molar-refractivity contribution in [3.63, 3.8) is 0 Å². The van der Waals surface area contributed by atoms with Gasteiger partial charge in [-0.1, -0.05) is 22.0 Å². The van der Waals surface area contributed by atoms with Crippen molar-refractivity contribution < 1.29 is 9.53 Å². The second-order valence-electron chi connectivity index (χ2n) is 5.35. The number of nitrogen functional groups attached to an aromatic ring is 1. The number of benzene rings is 1. The number of nitrogens with one attached hydrogen (secondary N) is 1. The Hall–Kier alpha value is -1.96. The summed E-state index contributed by atoms with van der Waals surface area (Å²) in [7, 11) is 1.63. The predicted octanol–water partition coefficient (Wildman–Crippen LogP) is 4.35. The Morgan fingerprint density at radius 1 is 1.42 bits per heavy atom. The third-order valence-electron chi connectivity index (χ3n) is 3.50. The number of nitrogens with two attached hydrogens (primary N) is 1. The molecule has 0 aliphatic rings. The van der Waals surface area contributed by atoms with Gasteiger partial charge < -0.3 is 15.8 Å². The maximum Gasteiger partial charge on any atom is 0.267 e. The Morgan fingerprint density at radius 3 is 2.92 bits per heavy atom. The van der Waals surface area contributed by atoms with E-state index in [0.29, 0.717) is 22.9 Å². The van der Waals surface area contributed by atoms with Gasteiger partial charge in [0.1, 0.15) is 9.71 Å². The zero-order valence-corrected chi connectivity index (χ0v) is 15.6. The van der Waals surface area contributed by atoms with Gasteiger partial charge in [-0.3, -0.25) is 4.79 Å². The van der Waals surface area contributed by atoms with E-state index in [1.807, 2.05) is 37.3 Å². The van der Waals surface area contributed by atoms with Gasteiger partial charge in [-0.25, -0.2) is 4.98 Å². The molecule has 3 N–H and O–H groups in total. The molecule has 0 fully saturated rings. The lowest BCUT2D eigenvalue weighted by molar-refractivity contribution is 0.103. The number of hydrogen-bond donors (Lipinski definition) is 2. The Morgan fingerprint density at radius 2 is 2.21 bits per heavy atom. The average Bonchev–Trinajstić information content (AvgIpc) is 2.84. The number of aryl methyl sites for hydroxylation is 1. The van der Waals surface area contributed by atoms with Crippen molar-refractivity contribution in [2.24, 2.45) is 0 Å². The summed E-state index contributed by atoms with van der Waals surface area (Å²) in [6, 6.07) is 9.35. The highest BCUT2D eigenvalue weighted by Gasteiger charge is 2.20. The third-order valence-corrected chi connectivity index (χ3v) is 5.09. The maximum atomic E-state index is 12.6. The molecule has 0 bridgehead atoms. The quantitative estimate of drug-likeness (QED) is 0.676. The molecule has 124 valence electrons. The van der Waals surface area contributed by atoms with Gasteiger partial charge in [0, 0.05) is 28.4 Å². The number of carbonyl (C=O) groups is 1. The minimum atomic E-state index is -0.241. The van der Waals surface area contributed by atoms with E-state index >= 15 is 0 Å². The van der Waals surface area contributed by atoms with Crippen LogP contribution in [0.3, 0.4) is 0 Å². The van der Waals surface area contributed by atoms with Crippen LogP contribution in [0, 0.1) is 6.92 Å². The van der Waals surface area contributed by atoms with Gasteiger partial charge in [-0.2, -0.15) is 0 Å². The maximum absolute atomic E-state index is 12.6. The molecule has 0 aliphatic heterocycles. The zero-order valence-electron chi connectivity index (χ0n) is 13.2. The second-order valence-corrected chi connectivity index (χ2v) is 7.26. The number of ether oxygens (including phenoxy) is 1. The van der Waals surface area contributed by atoms with Crippen LogP contribution >= 0.6 is 27.3 Å². The summed E-state index contributed by atoms with van der Waals surface area (Å²) in [6.45, 7) is 2.34. The molecule has 1 amide bonds. The van der Waals surface area contributed by atoms with Crippen LogP contribution in [0.1, 0.15) is 20.9 Å². The van der Waals surface area contributed by atoms with Crippen molar-refractivity contribution in [1.29, 1.82) is 0 Å². The van der Waals surface area contributed by atoms with Crippen molar-refractivity contribution in [3.05, 3.63) is 50.9 Å². The minimum absolute atomic E-state index is 0.241. The van der Waals surface area contributed by atoms with Gasteiger partial charge in [0.05, 0.1) is 12.3 Å². The molecular formula is C17H16BrN3O2S. The van der Waals surface area contributed by atoms with Crippen molar-refractivity contribution in [2.45, 2.75) is 13.5 Å². The first-order valence-electron chi connectivity index (χ1n) is 7.24. The number of anilines is 2. The van der Waals surface area contributed by atoms with E-state index in [-0.39, 0.29) is 5.91 Å². The van der Waals surface area contributed by atoms with Crippen LogP contribution in [0.2, 0.25) is 0 Å². The van der Waals surface area contributed by atoms with E-state index in [9.17, 15) is 4.79 Å². The summed E-state index contributed by atoms with van der Waals surface area (Å²) in [4.78, 5) is 18.3. The number of amides is 1. The number of carbonyl (C=O) groups excluding carboxylic acids is 1. The number of rotatable bonds is 4. The van der Waals surface area contributed by atoms with Crippen molar-refractivity contribution in [3.8, 4) is 0 Å². The highest BCUT2D eigenvalue weighted by atomic mass is 79.9. The van der Waals surface area contributed by atoms with E-state index in [1.54, 1.807) is 7.11 Å². The van der Waals surface area contributed by atoms with Gasteiger partial charge in [-0.15, -0.1) is 11.3 Å². The SMILES string of the molecule is COCc1cc(C)nc2sc(C(=O)Nc3cccc(Br)c3)c(N)c12. The van der Waals surface area contributed by atoms with Crippen LogP contribution in [0.25, 0.3) is 10.2 Å². The number of aromatic nitrogens is 1. The molecule has 3 aromatic rings. The minimum Gasteiger partial charge on any atom is -0.397 e. The molecule has 2 heterocycles. The number of methoxy groups -OCH3 is 1. The van der Waals surface area contributed by atoms with Crippen molar-refractivity contribution in [2.75, 3.05) is 18.2 Å². The number of hydrogen-bond acceptors (Lipinski definition) is 5. The van der Waals surface area contributed by atoms with Crippen LogP contribution in [0.5, 0.6) is 0 Å². The fraction of sp³-hybridized carbons (Fsp3) is 0.176. The number of halogens is 1. The van der Waals surface area contributed by atoms with Crippen LogP contribution in [0.4, 0.5) is 11.4 Å². The number of nitrogens with zero attached hydrogens (tertiary/aromatic N) is 1. The summed E-state index contributed by atoms with van der Waals surface area (Å²) in [5.41, 5.74) is 9.21. The van der Waals surface area contributed by atoms with E-state index < -0.39 is 0 Å². The zero-order chi connectivity index (χ0) is 17.3. The van der Waals surface area contributed by atoms with E-state index in [4.69, 9.17) is 10.5 Å². The Bertz CT molecular complexity index is 924. The molecule has 0 unspecified atom stereocenters. The summed E-state index contributed by atoms with van der Waals surface area (Å²) in [5.74, 6) is -0.241. The van der Waals surface area contributed by atoms with E-state index in [0.717, 1.165) is 25.9 Å². The van der Waals surface area contributed by atoms with Crippen LogP contribution in [0.15, 0.2) is 34.8 Å². The first kappa shape index (κ1) is 16.9. The topological polar surface area (TPSA) is 77.2 Å². The fourth-order valence-electron chi connectivity index (χ4n) is 2.53. The lowest BCUT2D eigenvalue weighted by Gasteiger charge is -2.06. The molecule has 3 rings (SSSR count). The number of fused-ring (bicyclic) bond motifs is 1. The van der Waals surface area contributed by atoms with Gasteiger partial charge in [0.25, 0.3) is 5.91 Å². The third kappa shape index (κ3) is 3.28. The molecule has 0 radical (unpaired) electrons. The lowest BCUT2D eigenvalue weighted by atomic mass is 10.1. The summed E-state index contributed by atoms with van der Waals surface area (Å²) in [6.07, 6.45) is 0. The highest BCUT2D eigenvalue weighted by molar-refractivity contribution is 9.10. The van der Waals surface area contributed by atoms with Gasteiger partial charge in [0.15, 0.2) is 0 Å². The summed E-state index contributed by atoms with van der Waals surface area (Å²) in [5, 5.41) is 3.67. The molecule has 1 aromatic carbocycles. The van der Waals surface area contributed by atoms with Gasteiger partial charge >= 0.3 is 0 Å².